The Balaban J connectivity index is 3.16. The fraction of sp³-hybridized carbons (Fsp3) is 0.800. The standard InChI is InChI=1S/C20H37NO3/c1-2-16-19(22)21-18-15-13-11-9-7-5-3-4-6-8-10-12-14-17-20(23)24/h7,9H,2-6,8,10-18H2,1H3,(H,21,22)(H,23,24)/b9-7-. The second-order valence-electron chi connectivity index (χ2n) is 6.47. The van der Waals surface area contributed by atoms with Crippen molar-refractivity contribution >= 4 is 11.9 Å². The van der Waals surface area contributed by atoms with Crippen LogP contribution in [0.2, 0.25) is 0 Å². The third kappa shape index (κ3) is 18.7. The fourth-order valence-corrected chi connectivity index (χ4v) is 2.59. The van der Waals surface area contributed by atoms with E-state index >= 15 is 0 Å². The molecule has 4 nitrogen and oxygen atoms in total. The van der Waals surface area contributed by atoms with Gasteiger partial charge in [-0.25, -0.2) is 0 Å². The highest BCUT2D eigenvalue weighted by molar-refractivity contribution is 5.75. The van der Waals surface area contributed by atoms with E-state index < -0.39 is 5.97 Å². The Bertz CT molecular complexity index is 340. The Morgan fingerprint density at radius 1 is 0.792 bits per heavy atom. The van der Waals surface area contributed by atoms with Crippen molar-refractivity contribution in [3.8, 4) is 0 Å². The summed E-state index contributed by atoms with van der Waals surface area (Å²) in [5.41, 5.74) is 0. The van der Waals surface area contributed by atoms with Gasteiger partial charge in [-0.3, -0.25) is 9.59 Å². The molecule has 0 aliphatic carbocycles. The van der Waals surface area contributed by atoms with Crippen LogP contribution in [-0.4, -0.2) is 23.5 Å². The molecule has 1 amide bonds. The fourth-order valence-electron chi connectivity index (χ4n) is 2.59. The molecule has 0 saturated carbocycles. The molecule has 2 N–H and O–H groups in total. The van der Waals surface area contributed by atoms with Gasteiger partial charge in [-0.15, -0.1) is 0 Å². The highest BCUT2D eigenvalue weighted by atomic mass is 16.4. The second-order valence-corrected chi connectivity index (χ2v) is 6.47. The van der Waals surface area contributed by atoms with Crippen LogP contribution in [0.3, 0.4) is 0 Å². The van der Waals surface area contributed by atoms with E-state index in [9.17, 15) is 9.59 Å². The molecule has 0 aromatic heterocycles. The maximum atomic E-state index is 11.3. The van der Waals surface area contributed by atoms with Gasteiger partial charge in [0.05, 0.1) is 0 Å². The Morgan fingerprint density at radius 3 is 1.92 bits per heavy atom. The molecule has 0 aromatic carbocycles. The molecule has 24 heavy (non-hydrogen) atoms. The predicted octanol–water partition coefficient (Wildman–Crippen LogP) is 5.22. The van der Waals surface area contributed by atoms with Gasteiger partial charge >= 0.3 is 5.97 Å². The van der Waals surface area contributed by atoms with Crippen molar-refractivity contribution in [2.75, 3.05) is 6.54 Å². The number of unbranched alkanes of at least 4 members (excludes halogenated alkanes) is 9. The van der Waals surface area contributed by atoms with E-state index in [0.717, 1.165) is 57.9 Å². The Kier molecular flexibility index (Phi) is 17.0. The first-order valence-corrected chi connectivity index (χ1v) is 9.80. The number of carboxylic acids is 1. The van der Waals surface area contributed by atoms with Crippen LogP contribution in [0.25, 0.3) is 0 Å². The summed E-state index contributed by atoms with van der Waals surface area (Å²) < 4.78 is 0. The Hall–Kier alpha value is -1.32. The largest absolute Gasteiger partial charge is 0.481 e. The molecule has 4 heteroatoms. The maximum absolute atomic E-state index is 11.3. The molecule has 0 rings (SSSR count). The minimum absolute atomic E-state index is 0.176. The van der Waals surface area contributed by atoms with Crippen molar-refractivity contribution in [2.45, 2.75) is 96.8 Å². The second kappa shape index (κ2) is 18.0. The Morgan fingerprint density at radius 2 is 1.33 bits per heavy atom. The molecule has 0 aliphatic rings. The van der Waals surface area contributed by atoms with E-state index in [1.165, 1.54) is 25.7 Å². The summed E-state index contributed by atoms with van der Waals surface area (Å²) in [7, 11) is 0. The zero-order chi connectivity index (χ0) is 17.9. The summed E-state index contributed by atoms with van der Waals surface area (Å²) in [6.07, 6.45) is 18.9. The van der Waals surface area contributed by atoms with E-state index in [1.54, 1.807) is 0 Å². The zero-order valence-electron chi connectivity index (χ0n) is 15.5. The van der Waals surface area contributed by atoms with Crippen molar-refractivity contribution in [1.82, 2.24) is 5.32 Å². The van der Waals surface area contributed by atoms with Gasteiger partial charge in [0.2, 0.25) is 5.91 Å². The van der Waals surface area contributed by atoms with Crippen LogP contribution in [0.4, 0.5) is 0 Å². The predicted molar refractivity (Wildman–Crippen MR) is 100 cm³/mol. The van der Waals surface area contributed by atoms with Gasteiger partial charge in [0.1, 0.15) is 0 Å². The summed E-state index contributed by atoms with van der Waals surface area (Å²) in [5, 5.41) is 11.5. The first kappa shape index (κ1) is 22.7. The van der Waals surface area contributed by atoms with Gasteiger partial charge in [0.25, 0.3) is 0 Å². The quantitative estimate of drug-likeness (QED) is 0.282. The number of carboxylic acid groups (broad SMARTS) is 1. The molecule has 0 fully saturated rings. The first-order valence-electron chi connectivity index (χ1n) is 9.80. The number of allylic oxidation sites excluding steroid dienone is 2. The van der Waals surface area contributed by atoms with Crippen LogP contribution in [0, 0.1) is 0 Å². The average molecular weight is 340 g/mol. The number of nitrogens with one attached hydrogen (secondary N) is 1. The van der Waals surface area contributed by atoms with Crippen LogP contribution in [0.5, 0.6) is 0 Å². The normalized spacial score (nSPS) is 11.0. The molecule has 0 aromatic rings. The van der Waals surface area contributed by atoms with Crippen LogP contribution < -0.4 is 5.32 Å². The zero-order valence-corrected chi connectivity index (χ0v) is 15.5. The lowest BCUT2D eigenvalue weighted by molar-refractivity contribution is -0.137. The summed E-state index contributed by atoms with van der Waals surface area (Å²) in [5.74, 6) is -0.502. The average Bonchev–Trinajstić information content (AvgIpc) is 2.54. The van der Waals surface area contributed by atoms with Gasteiger partial charge in [-0.05, 0) is 44.9 Å². The number of aliphatic carboxylic acids is 1. The number of hydrogen-bond donors (Lipinski definition) is 2. The third-order valence-corrected chi connectivity index (χ3v) is 4.02. The minimum atomic E-state index is -0.678. The highest BCUT2D eigenvalue weighted by Crippen LogP contribution is 2.10. The van der Waals surface area contributed by atoms with Crippen LogP contribution in [0.15, 0.2) is 12.2 Å². The summed E-state index contributed by atoms with van der Waals surface area (Å²) in [6.45, 7) is 2.83. The monoisotopic (exact) mass is 339 g/mol. The molecule has 0 atom stereocenters. The summed E-state index contributed by atoms with van der Waals surface area (Å²) in [6, 6.07) is 0. The number of carbonyl (C=O) groups is 2. The molecular weight excluding hydrogens is 302 g/mol. The molecule has 140 valence electrons. The number of rotatable bonds is 17. The molecule has 0 spiro atoms. The van der Waals surface area contributed by atoms with E-state index in [0.29, 0.717) is 12.8 Å². The van der Waals surface area contributed by atoms with Gasteiger partial charge in [0.15, 0.2) is 0 Å². The van der Waals surface area contributed by atoms with Crippen molar-refractivity contribution in [1.29, 1.82) is 0 Å². The van der Waals surface area contributed by atoms with E-state index in [1.807, 2.05) is 6.92 Å². The summed E-state index contributed by atoms with van der Waals surface area (Å²) in [4.78, 5) is 21.6. The molecule has 0 saturated heterocycles. The van der Waals surface area contributed by atoms with Gasteiger partial charge in [-0.2, -0.15) is 0 Å². The van der Waals surface area contributed by atoms with Crippen LogP contribution >= 0.6 is 0 Å². The van der Waals surface area contributed by atoms with E-state index in [4.69, 9.17) is 5.11 Å². The number of carbonyl (C=O) groups excluding carboxylic acids is 1. The van der Waals surface area contributed by atoms with E-state index in [2.05, 4.69) is 17.5 Å². The number of hydrogen-bond acceptors (Lipinski definition) is 2. The number of amides is 1. The summed E-state index contributed by atoms with van der Waals surface area (Å²) >= 11 is 0. The van der Waals surface area contributed by atoms with Crippen LogP contribution in [0.1, 0.15) is 96.8 Å². The molecule has 0 heterocycles. The van der Waals surface area contributed by atoms with Gasteiger partial charge in [0, 0.05) is 19.4 Å². The Labute approximate surface area is 148 Å². The SMILES string of the molecule is CCCC(=O)NCCCC/C=C\CCCCCCCCCC(=O)O. The molecule has 0 bridgehead atoms. The van der Waals surface area contributed by atoms with Crippen molar-refractivity contribution in [2.24, 2.45) is 0 Å². The first-order chi connectivity index (χ1) is 11.7. The molecule has 0 aliphatic heterocycles. The smallest absolute Gasteiger partial charge is 0.303 e. The minimum Gasteiger partial charge on any atom is -0.481 e. The van der Waals surface area contributed by atoms with Gasteiger partial charge in [-0.1, -0.05) is 51.2 Å². The van der Waals surface area contributed by atoms with Crippen molar-refractivity contribution in [3.05, 3.63) is 12.2 Å². The molecule has 0 unspecified atom stereocenters. The van der Waals surface area contributed by atoms with Crippen LogP contribution in [-0.2, 0) is 9.59 Å². The molecular formula is C20H37NO3. The topological polar surface area (TPSA) is 66.4 Å². The van der Waals surface area contributed by atoms with Gasteiger partial charge < -0.3 is 10.4 Å². The lowest BCUT2D eigenvalue weighted by Crippen LogP contribution is -2.23. The van der Waals surface area contributed by atoms with Crippen molar-refractivity contribution in [3.63, 3.8) is 0 Å². The third-order valence-electron chi connectivity index (χ3n) is 4.02. The lowest BCUT2D eigenvalue weighted by Gasteiger charge is -2.02. The van der Waals surface area contributed by atoms with E-state index in [-0.39, 0.29) is 5.91 Å². The molecule has 0 radical (unpaired) electrons. The van der Waals surface area contributed by atoms with Crippen molar-refractivity contribution < 1.29 is 14.7 Å². The lowest BCUT2D eigenvalue weighted by atomic mass is 10.1. The maximum Gasteiger partial charge on any atom is 0.303 e. The highest BCUT2D eigenvalue weighted by Gasteiger charge is 1.97.